The number of thiophene rings is 1. The average molecular weight is 235 g/mol. The largest absolute Gasteiger partial charge is 0.317 e. The Hall–Kier alpha value is -0.340. The van der Waals surface area contributed by atoms with Crippen molar-refractivity contribution in [2.45, 2.75) is 38.1 Å². The summed E-state index contributed by atoms with van der Waals surface area (Å²) in [6, 6.07) is 5.19. The summed E-state index contributed by atoms with van der Waals surface area (Å²) in [4.78, 5) is 1.54. The fourth-order valence-corrected chi connectivity index (χ4v) is 4.18. The smallest absolute Gasteiger partial charge is 0.00959 e. The second-order valence-electron chi connectivity index (χ2n) is 5.50. The number of aryl methyl sites for hydroxylation is 1. The third-order valence-electron chi connectivity index (χ3n) is 4.50. The summed E-state index contributed by atoms with van der Waals surface area (Å²) < 4.78 is 0. The van der Waals surface area contributed by atoms with Gasteiger partial charge in [0.2, 0.25) is 0 Å². The van der Waals surface area contributed by atoms with Crippen LogP contribution >= 0.6 is 11.3 Å². The average Bonchev–Trinajstić information content (AvgIpc) is 2.74. The van der Waals surface area contributed by atoms with Gasteiger partial charge in [-0.15, -0.1) is 11.3 Å². The van der Waals surface area contributed by atoms with Crippen LogP contribution in [0.25, 0.3) is 0 Å². The molecule has 3 rings (SSSR count). The highest BCUT2D eigenvalue weighted by Crippen LogP contribution is 2.55. The van der Waals surface area contributed by atoms with E-state index in [0.717, 1.165) is 23.8 Å². The highest BCUT2D eigenvalue weighted by Gasteiger charge is 2.47. The lowest BCUT2D eigenvalue weighted by atomic mass is 9.91. The lowest BCUT2D eigenvalue weighted by Gasteiger charge is -2.24. The van der Waals surface area contributed by atoms with Gasteiger partial charge in [-0.3, -0.25) is 0 Å². The third-order valence-corrected chi connectivity index (χ3v) is 5.44. The van der Waals surface area contributed by atoms with Crippen molar-refractivity contribution in [2.24, 2.45) is 17.8 Å². The Morgan fingerprint density at radius 2 is 2.19 bits per heavy atom. The van der Waals surface area contributed by atoms with Gasteiger partial charge in [-0.25, -0.2) is 0 Å². The van der Waals surface area contributed by atoms with E-state index in [0.29, 0.717) is 0 Å². The first-order valence-electron chi connectivity index (χ1n) is 6.56. The summed E-state index contributed by atoms with van der Waals surface area (Å²) in [5.41, 5.74) is 0. The van der Waals surface area contributed by atoms with Crippen LogP contribution in [0.4, 0.5) is 0 Å². The van der Waals surface area contributed by atoms with Crippen LogP contribution in [-0.4, -0.2) is 13.1 Å². The lowest BCUT2D eigenvalue weighted by Crippen LogP contribution is -2.33. The predicted octanol–water partition coefficient (Wildman–Crippen LogP) is 3.31. The maximum Gasteiger partial charge on any atom is 0.00959 e. The van der Waals surface area contributed by atoms with Crippen LogP contribution in [0, 0.1) is 17.8 Å². The van der Waals surface area contributed by atoms with E-state index < -0.39 is 0 Å². The first-order valence-corrected chi connectivity index (χ1v) is 7.44. The van der Waals surface area contributed by atoms with Gasteiger partial charge in [-0.2, -0.15) is 0 Å². The Kier molecular flexibility index (Phi) is 3.03. The van der Waals surface area contributed by atoms with Crippen LogP contribution in [-0.2, 0) is 6.42 Å². The molecule has 0 saturated heterocycles. The van der Waals surface area contributed by atoms with Crippen molar-refractivity contribution in [1.82, 2.24) is 5.32 Å². The summed E-state index contributed by atoms with van der Waals surface area (Å²) in [6.07, 6.45) is 7.12. The van der Waals surface area contributed by atoms with Gasteiger partial charge in [0.05, 0.1) is 0 Å². The minimum atomic E-state index is 0.759. The van der Waals surface area contributed by atoms with E-state index in [1.807, 2.05) is 11.3 Å². The summed E-state index contributed by atoms with van der Waals surface area (Å²) in [6.45, 7) is 0. The fourth-order valence-electron chi connectivity index (χ4n) is 3.46. The molecule has 1 aromatic rings. The van der Waals surface area contributed by atoms with Gasteiger partial charge in [0.15, 0.2) is 0 Å². The van der Waals surface area contributed by atoms with Gasteiger partial charge >= 0.3 is 0 Å². The summed E-state index contributed by atoms with van der Waals surface area (Å²) in [5, 5.41) is 5.74. The summed E-state index contributed by atoms with van der Waals surface area (Å²) in [5.74, 6) is 3.19. The number of fused-ring (bicyclic) bond motifs is 1. The van der Waals surface area contributed by atoms with E-state index in [-0.39, 0.29) is 0 Å². The molecule has 2 saturated carbocycles. The van der Waals surface area contributed by atoms with E-state index >= 15 is 0 Å². The molecule has 1 aromatic heterocycles. The number of hydrogen-bond donors (Lipinski definition) is 1. The van der Waals surface area contributed by atoms with Gasteiger partial charge in [0, 0.05) is 10.9 Å². The molecule has 0 aliphatic heterocycles. The van der Waals surface area contributed by atoms with Crippen molar-refractivity contribution in [3.63, 3.8) is 0 Å². The molecule has 16 heavy (non-hydrogen) atoms. The number of hydrogen-bond acceptors (Lipinski definition) is 2. The van der Waals surface area contributed by atoms with E-state index in [9.17, 15) is 0 Å². The third kappa shape index (κ3) is 2.18. The van der Waals surface area contributed by atoms with Crippen molar-refractivity contribution in [2.75, 3.05) is 7.05 Å². The second-order valence-corrected chi connectivity index (χ2v) is 6.53. The topological polar surface area (TPSA) is 12.0 Å². The van der Waals surface area contributed by atoms with E-state index in [4.69, 9.17) is 0 Å². The Bertz CT molecular complexity index is 323. The lowest BCUT2D eigenvalue weighted by molar-refractivity contribution is 0.335. The van der Waals surface area contributed by atoms with Crippen LogP contribution < -0.4 is 5.32 Å². The normalized spacial score (nSPS) is 33.7. The second kappa shape index (κ2) is 4.50. The zero-order chi connectivity index (χ0) is 11.0. The van der Waals surface area contributed by atoms with Gasteiger partial charge in [0.25, 0.3) is 0 Å². The molecule has 3 atom stereocenters. The van der Waals surface area contributed by atoms with Gasteiger partial charge in [-0.05, 0) is 68.4 Å². The molecule has 2 heteroatoms. The molecule has 2 fully saturated rings. The van der Waals surface area contributed by atoms with Crippen molar-refractivity contribution < 1.29 is 0 Å². The van der Waals surface area contributed by atoms with E-state index in [2.05, 4.69) is 29.9 Å². The maximum absolute atomic E-state index is 3.55. The Labute approximate surface area is 102 Å². The van der Waals surface area contributed by atoms with E-state index in [1.54, 1.807) is 4.88 Å². The molecule has 1 nitrogen and oxygen atoms in total. The molecule has 0 radical (unpaired) electrons. The highest BCUT2D eigenvalue weighted by molar-refractivity contribution is 7.09. The van der Waals surface area contributed by atoms with E-state index in [1.165, 1.54) is 32.1 Å². The molecular weight excluding hydrogens is 214 g/mol. The standard InChI is InChI=1S/C14H21NS/c1-15-14(5-4-13-3-2-6-16-13)12-8-10-7-11(10)9-12/h2-3,6,10-12,14-15H,4-5,7-9H2,1H3. The quantitative estimate of drug-likeness (QED) is 0.825. The monoisotopic (exact) mass is 235 g/mol. The molecule has 2 aliphatic carbocycles. The van der Waals surface area contributed by atoms with Crippen molar-refractivity contribution in [3.05, 3.63) is 22.4 Å². The van der Waals surface area contributed by atoms with Crippen molar-refractivity contribution in [1.29, 1.82) is 0 Å². The van der Waals surface area contributed by atoms with Gasteiger partial charge in [0.1, 0.15) is 0 Å². The summed E-state index contributed by atoms with van der Waals surface area (Å²) >= 11 is 1.90. The molecule has 1 heterocycles. The molecule has 3 unspecified atom stereocenters. The zero-order valence-electron chi connectivity index (χ0n) is 9.99. The minimum absolute atomic E-state index is 0.759. The zero-order valence-corrected chi connectivity index (χ0v) is 10.8. The van der Waals surface area contributed by atoms with Crippen LogP contribution in [0.1, 0.15) is 30.6 Å². The Morgan fingerprint density at radius 3 is 2.81 bits per heavy atom. The molecule has 88 valence electrons. The molecule has 2 aliphatic rings. The van der Waals surface area contributed by atoms with Crippen molar-refractivity contribution in [3.8, 4) is 0 Å². The van der Waals surface area contributed by atoms with Gasteiger partial charge < -0.3 is 5.32 Å². The molecule has 0 bridgehead atoms. The van der Waals surface area contributed by atoms with Crippen LogP contribution in [0.3, 0.4) is 0 Å². The Balaban J connectivity index is 1.51. The van der Waals surface area contributed by atoms with Crippen LogP contribution in [0.15, 0.2) is 17.5 Å². The first kappa shape index (κ1) is 10.8. The Morgan fingerprint density at radius 1 is 1.38 bits per heavy atom. The maximum atomic E-state index is 3.55. The van der Waals surface area contributed by atoms with Crippen LogP contribution in [0.2, 0.25) is 0 Å². The van der Waals surface area contributed by atoms with Crippen molar-refractivity contribution >= 4 is 11.3 Å². The van der Waals surface area contributed by atoms with Crippen LogP contribution in [0.5, 0.6) is 0 Å². The minimum Gasteiger partial charge on any atom is -0.317 e. The fraction of sp³-hybridized carbons (Fsp3) is 0.714. The number of nitrogens with one attached hydrogen (secondary N) is 1. The molecule has 0 spiro atoms. The first-order chi connectivity index (χ1) is 7.86. The SMILES string of the molecule is CNC(CCc1cccs1)C1CC2CC2C1. The highest BCUT2D eigenvalue weighted by atomic mass is 32.1. The predicted molar refractivity (Wildman–Crippen MR) is 69.8 cm³/mol. The van der Waals surface area contributed by atoms with Gasteiger partial charge in [-0.1, -0.05) is 6.07 Å². The molecule has 0 aromatic carbocycles. The number of rotatable bonds is 5. The molecule has 1 N–H and O–H groups in total. The molecular formula is C14H21NS. The summed E-state index contributed by atoms with van der Waals surface area (Å²) in [7, 11) is 2.14. The molecule has 0 amide bonds.